The zero-order valence-corrected chi connectivity index (χ0v) is 16.8. The van der Waals surface area contributed by atoms with Crippen molar-refractivity contribution in [3.63, 3.8) is 0 Å². The minimum atomic E-state index is -0.0240. The maximum absolute atomic E-state index is 12.5. The number of quaternary nitrogens is 2. The van der Waals surface area contributed by atoms with Crippen molar-refractivity contribution in [2.24, 2.45) is 0 Å². The molecule has 1 aromatic carbocycles. The lowest BCUT2D eigenvalue weighted by atomic mass is 10.2. The first-order valence-electron chi connectivity index (χ1n) is 10.1. The molecule has 0 spiro atoms. The van der Waals surface area contributed by atoms with Crippen molar-refractivity contribution >= 4 is 29.1 Å². The Kier molecular flexibility index (Phi) is 7.10. The predicted molar refractivity (Wildman–Crippen MR) is 106 cm³/mol. The fourth-order valence-electron chi connectivity index (χ4n) is 4.10. The molecule has 148 valence electrons. The van der Waals surface area contributed by atoms with Gasteiger partial charge < -0.3 is 20.4 Å². The minimum Gasteiger partial charge on any atom is -0.348 e. The fourth-order valence-corrected chi connectivity index (χ4v) is 4.28. The Morgan fingerprint density at radius 3 is 2.48 bits per heavy atom. The Balaban J connectivity index is 1.41. The largest absolute Gasteiger partial charge is 0.348 e. The summed E-state index contributed by atoms with van der Waals surface area (Å²) in [5.74, 6) is 0.158. The standard InChI is InChI=1S/C20H29ClN4O2/c1-15(20(27)22-16-6-2-3-7-16)25-12-10-24(11-13-25)14-19(26)23-18-9-5-4-8-17(18)21/h4-5,8-9,15-16H,2-3,6-7,10-14H2,1H3,(H,22,27)(H,23,26)/p+2/t15-/m0/s1. The number of amides is 2. The highest BCUT2D eigenvalue weighted by molar-refractivity contribution is 6.33. The van der Waals surface area contributed by atoms with Gasteiger partial charge in [0.2, 0.25) is 0 Å². The first-order chi connectivity index (χ1) is 13.0. The Morgan fingerprint density at radius 2 is 1.81 bits per heavy atom. The Morgan fingerprint density at radius 1 is 1.15 bits per heavy atom. The molecule has 2 aliphatic rings. The molecule has 27 heavy (non-hydrogen) atoms. The molecular formula is C20H31ClN4O2+2. The summed E-state index contributed by atoms with van der Waals surface area (Å²) < 4.78 is 0. The molecule has 1 aliphatic heterocycles. The molecule has 6 nitrogen and oxygen atoms in total. The summed E-state index contributed by atoms with van der Waals surface area (Å²) in [6.45, 7) is 6.07. The average molecular weight is 395 g/mol. The maximum Gasteiger partial charge on any atom is 0.279 e. The van der Waals surface area contributed by atoms with Crippen LogP contribution in [0.3, 0.4) is 0 Å². The van der Waals surface area contributed by atoms with E-state index in [4.69, 9.17) is 11.6 Å². The van der Waals surface area contributed by atoms with Crippen molar-refractivity contribution in [3.05, 3.63) is 29.3 Å². The molecule has 0 aromatic heterocycles. The van der Waals surface area contributed by atoms with Crippen LogP contribution < -0.4 is 20.4 Å². The summed E-state index contributed by atoms with van der Waals surface area (Å²) in [5.41, 5.74) is 0.657. The highest BCUT2D eigenvalue weighted by atomic mass is 35.5. The number of nitrogens with one attached hydrogen (secondary N) is 4. The van der Waals surface area contributed by atoms with Gasteiger partial charge in [-0.3, -0.25) is 9.59 Å². The Hall–Kier alpha value is -1.63. The van der Waals surface area contributed by atoms with Crippen LogP contribution in [-0.4, -0.2) is 56.6 Å². The zero-order valence-electron chi connectivity index (χ0n) is 16.0. The van der Waals surface area contributed by atoms with E-state index in [0.717, 1.165) is 39.0 Å². The number of carbonyl (C=O) groups is 2. The molecule has 4 N–H and O–H groups in total. The number of para-hydroxylation sites is 1. The number of benzene rings is 1. The van der Waals surface area contributed by atoms with Crippen LogP contribution in [0.15, 0.2) is 24.3 Å². The van der Waals surface area contributed by atoms with E-state index in [1.165, 1.54) is 22.6 Å². The van der Waals surface area contributed by atoms with Gasteiger partial charge in [-0.15, -0.1) is 0 Å². The smallest absolute Gasteiger partial charge is 0.279 e. The van der Waals surface area contributed by atoms with Crippen molar-refractivity contribution in [2.75, 3.05) is 38.0 Å². The van der Waals surface area contributed by atoms with Gasteiger partial charge in [-0.2, -0.15) is 0 Å². The van der Waals surface area contributed by atoms with Crippen LogP contribution in [0.25, 0.3) is 0 Å². The number of rotatable bonds is 6. The van der Waals surface area contributed by atoms with Gasteiger partial charge >= 0.3 is 0 Å². The molecule has 1 saturated heterocycles. The summed E-state index contributed by atoms with van der Waals surface area (Å²) in [7, 11) is 0. The van der Waals surface area contributed by atoms with Gasteiger partial charge in [-0.1, -0.05) is 36.6 Å². The summed E-state index contributed by atoms with van der Waals surface area (Å²) in [4.78, 5) is 27.3. The lowest BCUT2D eigenvalue weighted by Crippen LogP contribution is -3.30. The molecule has 3 rings (SSSR count). The Labute approximate surface area is 166 Å². The Bertz CT molecular complexity index is 655. The van der Waals surface area contributed by atoms with Crippen LogP contribution in [-0.2, 0) is 9.59 Å². The van der Waals surface area contributed by atoms with Crippen LogP contribution in [0.5, 0.6) is 0 Å². The molecule has 1 saturated carbocycles. The number of halogens is 1. The van der Waals surface area contributed by atoms with Crippen molar-refractivity contribution in [1.29, 1.82) is 0 Å². The second-order valence-corrected chi connectivity index (χ2v) is 8.23. The van der Waals surface area contributed by atoms with Gasteiger partial charge in [-0.25, -0.2) is 0 Å². The second kappa shape index (κ2) is 9.53. The van der Waals surface area contributed by atoms with E-state index in [0.29, 0.717) is 23.3 Å². The molecule has 1 heterocycles. The van der Waals surface area contributed by atoms with Crippen molar-refractivity contribution < 1.29 is 19.4 Å². The van der Waals surface area contributed by atoms with Crippen LogP contribution in [0.2, 0.25) is 5.02 Å². The number of anilines is 1. The number of hydrogen-bond acceptors (Lipinski definition) is 2. The molecule has 7 heteroatoms. The summed E-state index contributed by atoms with van der Waals surface area (Å²) in [6.07, 6.45) is 4.69. The fraction of sp³-hybridized carbons (Fsp3) is 0.600. The summed E-state index contributed by atoms with van der Waals surface area (Å²) in [5, 5.41) is 6.65. The topological polar surface area (TPSA) is 67.1 Å². The minimum absolute atomic E-state index is 0.0198. The van der Waals surface area contributed by atoms with E-state index in [9.17, 15) is 9.59 Å². The third kappa shape index (κ3) is 5.67. The first kappa shape index (κ1) is 20.1. The quantitative estimate of drug-likeness (QED) is 0.526. The van der Waals surface area contributed by atoms with Gasteiger partial charge in [0, 0.05) is 6.04 Å². The van der Waals surface area contributed by atoms with Crippen molar-refractivity contribution in [1.82, 2.24) is 5.32 Å². The molecule has 1 aliphatic carbocycles. The second-order valence-electron chi connectivity index (χ2n) is 7.82. The van der Waals surface area contributed by atoms with Crippen LogP contribution >= 0.6 is 11.6 Å². The molecule has 1 atom stereocenters. The molecule has 1 aromatic rings. The normalized spacial score (nSPS) is 24.4. The van der Waals surface area contributed by atoms with Crippen LogP contribution in [0.1, 0.15) is 32.6 Å². The number of piperazine rings is 1. The molecule has 2 fully saturated rings. The summed E-state index contributed by atoms with van der Waals surface area (Å²) in [6, 6.07) is 7.62. The predicted octanol–water partition coefficient (Wildman–Crippen LogP) is -0.491. The first-order valence-corrected chi connectivity index (χ1v) is 10.4. The molecular weight excluding hydrogens is 364 g/mol. The third-order valence-electron chi connectivity index (χ3n) is 5.87. The van der Waals surface area contributed by atoms with Gasteiger partial charge in [0.05, 0.1) is 10.7 Å². The van der Waals surface area contributed by atoms with Gasteiger partial charge in [0.1, 0.15) is 26.2 Å². The van der Waals surface area contributed by atoms with Gasteiger partial charge in [0.25, 0.3) is 11.8 Å². The van der Waals surface area contributed by atoms with Crippen LogP contribution in [0.4, 0.5) is 5.69 Å². The van der Waals surface area contributed by atoms with Gasteiger partial charge in [-0.05, 0) is 31.9 Å². The summed E-state index contributed by atoms with van der Waals surface area (Å²) >= 11 is 6.09. The molecule has 2 amide bonds. The lowest BCUT2D eigenvalue weighted by molar-refractivity contribution is -1.01. The third-order valence-corrected chi connectivity index (χ3v) is 6.19. The number of hydrogen-bond donors (Lipinski definition) is 4. The molecule has 0 bridgehead atoms. The van der Waals surface area contributed by atoms with E-state index < -0.39 is 0 Å². The van der Waals surface area contributed by atoms with E-state index in [1.807, 2.05) is 25.1 Å². The molecule has 0 radical (unpaired) electrons. The maximum atomic E-state index is 12.5. The monoisotopic (exact) mass is 394 g/mol. The van der Waals surface area contributed by atoms with E-state index in [1.54, 1.807) is 6.07 Å². The van der Waals surface area contributed by atoms with E-state index in [2.05, 4.69) is 10.6 Å². The average Bonchev–Trinajstić information content (AvgIpc) is 3.16. The van der Waals surface area contributed by atoms with Gasteiger partial charge in [0.15, 0.2) is 12.6 Å². The van der Waals surface area contributed by atoms with Crippen LogP contribution in [0, 0.1) is 0 Å². The van der Waals surface area contributed by atoms with E-state index >= 15 is 0 Å². The van der Waals surface area contributed by atoms with Crippen molar-refractivity contribution in [3.8, 4) is 0 Å². The lowest BCUT2D eigenvalue weighted by Gasteiger charge is -2.32. The number of carbonyl (C=O) groups excluding carboxylic acids is 2. The van der Waals surface area contributed by atoms with E-state index in [-0.39, 0.29) is 17.9 Å². The molecule has 0 unspecified atom stereocenters. The highest BCUT2D eigenvalue weighted by Crippen LogP contribution is 2.20. The SMILES string of the molecule is C[C@@H](C(=O)NC1CCCC1)[NH+]1CC[NH+](CC(=O)Nc2ccccc2Cl)CC1. The highest BCUT2D eigenvalue weighted by Gasteiger charge is 2.32. The van der Waals surface area contributed by atoms with Crippen molar-refractivity contribution in [2.45, 2.75) is 44.7 Å². The zero-order chi connectivity index (χ0) is 19.2.